The third-order valence-electron chi connectivity index (χ3n) is 3.56. The first-order valence-electron chi connectivity index (χ1n) is 6.50. The van der Waals surface area contributed by atoms with Crippen LogP contribution in [0.15, 0.2) is 17.0 Å². The number of rotatable bonds is 3. The summed E-state index contributed by atoms with van der Waals surface area (Å²) < 4.78 is 28.7. The summed E-state index contributed by atoms with van der Waals surface area (Å²) in [6.45, 7) is 5.10. The average Bonchev–Trinajstić information content (AvgIpc) is 2.32. The van der Waals surface area contributed by atoms with E-state index in [1.807, 2.05) is 6.92 Å². The van der Waals surface area contributed by atoms with E-state index in [9.17, 15) is 8.42 Å². The highest BCUT2D eigenvalue weighted by Gasteiger charge is 2.28. The fraction of sp³-hybridized carbons (Fsp3) is 0.538. The average molecular weight is 299 g/mol. The third kappa shape index (κ3) is 3.23. The van der Waals surface area contributed by atoms with Crippen LogP contribution in [0, 0.1) is 6.92 Å². The van der Waals surface area contributed by atoms with E-state index in [-0.39, 0.29) is 10.4 Å². The Morgan fingerprint density at radius 3 is 2.65 bits per heavy atom. The minimum absolute atomic E-state index is 0.0559. The molecule has 6 nitrogen and oxygen atoms in total. The van der Waals surface area contributed by atoms with E-state index in [0.717, 1.165) is 19.4 Å². The maximum atomic E-state index is 11.6. The van der Waals surface area contributed by atoms with Crippen molar-refractivity contribution in [3.8, 4) is 0 Å². The van der Waals surface area contributed by atoms with Crippen LogP contribution in [-0.4, -0.2) is 27.2 Å². The van der Waals surface area contributed by atoms with Crippen molar-refractivity contribution in [1.82, 2.24) is 0 Å². The van der Waals surface area contributed by atoms with Crippen molar-refractivity contribution in [2.45, 2.75) is 37.1 Å². The quantitative estimate of drug-likeness (QED) is 0.727. The van der Waals surface area contributed by atoms with Crippen LogP contribution >= 0.6 is 0 Å². The van der Waals surface area contributed by atoms with Crippen LogP contribution in [0.25, 0.3) is 0 Å². The van der Waals surface area contributed by atoms with Gasteiger partial charge in [0.05, 0.1) is 17.0 Å². The van der Waals surface area contributed by atoms with E-state index >= 15 is 0 Å². The minimum Gasteiger partial charge on any atom is -0.399 e. The first kappa shape index (κ1) is 15.1. The van der Waals surface area contributed by atoms with Gasteiger partial charge in [-0.05, 0) is 44.4 Å². The molecule has 0 saturated carbocycles. The number of ether oxygens (including phenoxy) is 1. The molecule has 2 rings (SSSR count). The summed E-state index contributed by atoms with van der Waals surface area (Å²) in [5.41, 5.74) is 7.18. The van der Waals surface area contributed by atoms with Gasteiger partial charge in [-0.15, -0.1) is 0 Å². The highest BCUT2D eigenvalue weighted by molar-refractivity contribution is 7.89. The molecular formula is C13H21N3O3S. The number of nitrogens with one attached hydrogen (secondary N) is 1. The monoisotopic (exact) mass is 299 g/mol. The molecule has 20 heavy (non-hydrogen) atoms. The van der Waals surface area contributed by atoms with Crippen LogP contribution in [0.1, 0.15) is 25.3 Å². The molecule has 0 amide bonds. The van der Waals surface area contributed by atoms with Crippen molar-refractivity contribution < 1.29 is 13.2 Å². The Hall–Kier alpha value is -1.31. The Balaban J connectivity index is 2.39. The molecule has 7 heteroatoms. The van der Waals surface area contributed by atoms with Gasteiger partial charge in [-0.25, -0.2) is 13.6 Å². The van der Waals surface area contributed by atoms with Crippen LogP contribution in [0.4, 0.5) is 11.4 Å². The van der Waals surface area contributed by atoms with Gasteiger partial charge in [0.1, 0.15) is 0 Å². The van der Waals surface area contributed by atoms with E-state index in [0.29, 0.717) is 23.5 Å². The van der Waals surface area contributed by atoms with E-state index in [1.54, 1.807) is 13.0 Å². The van der Waals surface area contributed by atoms with Gasteiger partial charge < -0.3 is 15.8 Å². The molecular weight excluding hydrogens is 278 g/mol. The molecule has 1 aromatic rings. The van der Waals surface area contributed by atoms with E-state index in [1.165, 1.54) is 6.07 Å². The molecule has 1 aliphatic heterocycles. The zero-order chi connectivity index (χ0) is 15.0. The van der Waals surface area contributed by atoms with Crippen LogP contribution in [0.3, 0.4) is 0 Å². The fourth-order valence-corrected chi connectivity index (χ4v) is 3.33. The molecule has 0 spiro atoms. The zero-order valence-corrected chi connectivity index (χ0v) is 12.6. The molecule has 112 valence electrons. The second-order valence-corrected chi connectivity index (χ2v) is 7.11. The van der Waals surface area contributed by atoms with Crippen molar-refractivity contribution in [2.24, 2.45) is 5.14 Å². The molecule has 1 atom stereocenters. The lowest BCUT2D eigenvalue weighted by atomic mass is 9.94. The Morgan fingerprint density at radius 1 is 1.40 bits per heavy atom. The molecule has 1 aliphatic rings. The Bertz CT molecular complexity index is 608. The summed E-state index contributed by atoms with van der Waals surface area (Å²) in [6.07, 6.45) is 1.92. The summed E-state index contributed by atoms with van der Waals surface area (Å²) >= 11 is 0. The SMILES string of the molecule is Cc1c(NC2(C)CCCOC2)cc(N)cc1S(N)(=O)=O. The first-order chi connectivity index (χ1) is 9.21. The molecule has 0 aliphatic carbocycles. The summed E-state index contributed by atoms with van der Waals surface area (Å²) in [5.74, 6) is 0. The fourth-order valence-electron chi connectivity index (χ4n) is 2.49. The predicted octanol–water partition coefficient (Wildman–Crippen LogP) is 1.21. The molecule has 5 N–H and O–H groups in total. The van der Waals surface area contributed by atoms with Gasteiger partial charge in [-0.2, -0.15) is 0 Å². The number of sulfonamides is 1. The summed E-state index contributed by atoms with van der Waals surface area (Å²) in [4.78, 5) is 0.0559. The smallest absolute Gasteiger partial charge is 0.238 e. The van der Waals surface area contributed by atoms with Crippen molar-refractivity contribution in [2.75, 3.05) is 24.3 Å². The largest absolute Gasteiger partial charge is 0.399 e. The maximum absolute atomic E-state index is 11.6. The van der Waals surface area contributed by atoms with Gasteiger partial charge in [0.15, 0.2) is 0 Å². The van der Waals surface area contributed by atoms with Crippen molar-refractivity contribution in [1.29, 1.82) is 0 Å². The van der Waals surface area contributed by atoms with Crippen LogP contribution in [0.5, 0.6) is 0 Å². The molecule has 1 unspecified atom stereocenters. The van der Waals surface area contributed by atoms with E-state index in [2.05, 4.69) is 5.32 Å². The molecule has 0 aromatic heterocycles. The van der Waals surface area contributed by atoms with E-state index < -0.39 is 10.0 Å². The summed E-state index contributed by atoms with van der Waals surface area (Å²) in [6, 6.07) is 3.11. The Labute approximate surface area is 119 Å². The molecule has 0 bridgehead atoms. The van der Waals surface area contributed by atoms with Crippen molar-refractivity contribution in [3.63, 3.8) is 0 Å². The van der Waals surface area contributed by atoms with Gasteiger partial charge in [-0.3, -0.25) is 0 Å². The molecule has 1 heterocycles. The van der Waals surface area contributed by atoms with Gasteiger partial charge in [0.25, 0.3) is 0 Å². The lowest BCUT2D eigenvalue weighted by molar-refractivity contribution is 0.0540. The van der Waals surface area contributed by atoms with Crippen molar-refractivity contribution >= 4 is 21.4 Å². The summed E-state index contributed by atoms with van der Waals surface area (Å²) in [7, 11) is -3.79. The second kappa shape index (κ2) is 5.23. The van der Waals surface area contributed by atoms with Crippen LogP contribution in [-0.2, 0) is 14.8 Å². The number of hydrogen-bond acceptors (Lipinski definition) is 5. The topological polar surface area (TPSA) is 107 Å². The van der Waals surface area contributed by atoms with Gasteiger partial charge in [0, 0.05) is 18.0 Å². The maximum Gasteiger partial charge on any atom is 0.238 e. The van der Waals surface area contributed by atoms with Gasteiger partial charge >= 0.3 is 0 Å². The molecule has 1 saturated heterocycles. The number of benzene rings is 1. The number of nitrogen functional groups attached to an aromatic ring is 1. The van der Waals surface area contributed by atoms with Crippen molar-refractivity contribution in [3.05, 3.63) is 17.7 Å². The normalized spacial score (nSPS) is 23.6. The number of nitrogens with two attached hydrogens (primary N) is 2. The highest BCUT2D eigenvalue weighted by atomic mass is 32.2. The van der Waals surface area contributed by atoms with Crippen LogP contribution < -0.4 is 16.2 Å². The van der Waals surface area contributed by atoms with Crippen LogP contribution in [0.2, 0.25) is 0 Å². The molecule has 0 radical (unpaired) electrons. The van der Waals surface area contributed by atoms with Gasteiger partial charge in [-0.1, -0.05) is 0 Å². The highest BCUT2D eigenvalue weighted by Crippen LogP contribution is 2.30. The standard InChI is InChI=1S/C13H21N3O3S/c1-9-11(16-13(2)4-3-5-19-8-13)6-10(14)7-12(9)20(15,17)18/h6-7,16H,3-5,8,14H2,1-2H3,(H2,15,17,18). The Kier molecular flexibility index (Phi) is 3.95. The number of anilines is 2. The lowest BCUT2D eigenvalue weighted by Gasteiger charge is -2.36. The summed E-state index contributed by atoms with van der Waals surface area (Å²) in [5, 5.41) is 8.58. The first-order valence-corrected chi connectivity index (χ1v) is 8.05. The lowest BCUT2D eigenvalue weighted by Crippen LogP contribution is -2.43. The zero-order valence-electron chi connectivity index (χ0n) is 11.8. The number of primary sulfonamides is 1. The molecule has 1 aromatic carbocycles. The van der Waals surface area contributed by atoms with Gasteiger partial charge in [0.2, 0.25) is 10.0 Å². The van der Waals surface area contributed by atoms with E-state index in [4.69, 9.17) is 15.6 Å². The predicted molar refractivity (Wildman–Crippen MR) is 79.0 cm³/mol. The molecule has 1 fully saturated rings. The second-order valence-electron chi connectivity index (χ2n) is 5.58. The number of hydrogen-bond donors (Lipinski definition) is 3. The minimum atomic E-state index is -3.79. The third-order valence-corrected chi connectivity index (χ3v) is 4.60. The Morgan fingerprint density at radius 2 is 2.10 bits per heavy atom.